The van der Waals surface area contributed by atoms with Gasteiger partial charge in [-0.25, -0.2) is 0 Å². The Labute approximate surface area is 216 Å². The van der Waals surface area contributed by atoms with Gasteiger partial charge in [0, 0.05) is 24.3 Å². The second-order valence-electron chi connectivity index (χ2n) is 7.21. The highest BCUT2D eigenvalue weighted by Gasteiger charge is 2.25. The fraction of sp³-hybridized carbons (Fsp3) is 0. The van der Waals surface area contributed by atoms with Crippen molar-refractivity contribution in [2.75, 3.05) is 0 Å². The van der Waals surface area contributed by atoms with Crippen molar-refractivity contribution >= 4 is 74.6 Å². The highest BCUT2D eigenvalue weighted by Crippen LogP contribution is 2.19. The van der Waals surface area contributed by atoms with Gasteiger partial charge >= 0.3 is 6.92 Å². The first-order valence-electron chi connectivity index (χ1n) is 10.1. The topological polar surface area (TPSA) is 26.3 Å². The van der Waals surface area contributed by atoms with Crippen LogP contribution >= 0.6 is 45.2 Å². The first-order valence-corrected chi connectivity index (χ1v) is 12.3. The molecule has 4 rings (SSSR count). The van der Waals surface area contributed by atoms with Crippen LogP contribution in [0.1, 0.15) is 15.9 Å². The molecule has 2 nitrogen and oxygen atoms in total. The zero-order valence-corrected chi connectivity index (χ0v) is 21.4. The molecule has 0 unspecified atom stereocenters. The lowest BCUT2D eigenvalue weighted by Gasteiger charge is -2.20. The van der Waals surface area contributed by atoms with Crippen LogP contribution in [0.15, 0.2) is 115 Å². The molecule has 5 heteroatoms. The van der Waals surface area contributed by atoms with E-state index in [1.807, 2.05) is 60.7 Å². The van der Waals surface area contributed by atoms with E-state index in [0.717, 1.165) is 23.6 Å². The van der Waals surface area contributed by atoms with Crippen molar-refractivity contribution in [1.29, 1.82) is 0 Å². The smallest absolute Gasteiger partial charge is 0.426 e. The zero-order valence-electron chi connectivity index (χ0n) is 17.1. The van der Waals surface area contributed by atoms with Crippen LogP contribution in [0.3, 0.4) is 0 Å². The van der Waals surface area contributed by atoms with Crippen LogP contribution in [0.5, 0.6) is 0 Å². The van der Waals surface area contributed by atoms with E-state index in [9.17, 15) is 4.79 Å². The predicted molar refractivity (Wildman–Crippen MR) is 150 cm³/mol. The molecule has 0 fully saturated rings. The van der Waals surface area contributed by atoms with Gasteiger partial charge in [0.1, 0.15) is 5.76 Å². The average molecular weight is 640 g/mol. The van der Waals surface area contributed by atoms with Gasteiger partial charge in [-0.2, -0.15) is 0 Å². The van der Waals surface area contributed by atoms with Crippen LogP contribution in [-0.2, 0) is 4.65 Å². The molecule has 0 aliphatic rings. The van der Waals surface area contributed by atoms with E-state index in [1.54, 1.807) is 6.08 Å². The minimum Gasteiger partial charge on any atom is -0.551 e. The van der Waals surface area contributed by atoms with Gasteiger partial charge in [-0.15, -0.1) is 0 Å². The van der Waals surface area contributed by atoms with Crippen molar-refractivity contribution in [1.82, 2.24) is 0 Å². The van der Waals surface area contributed by atoms with Gasteiger partial charge in [-0.1, -0.05) is 84.9 Å². The molecule has 0 aliphatic heterocycles. The summed E-state index contributed by atoms with van der Waals surface area (Å²) in [6, 6.07) is 35.6. The van der Waals surface area contributed by atoms with Gasteiger partial charge < -0.3 is 4.65 Å². The highest BCUT2D eigenvalue weighted by molar-refractivity contribution is 14.1. The van der Waals surface area contributed by atoms with E-state index < -0.39 is 0 Å². The Morgan fingerprint density at radius 3 is 1.53 bits per heavy atom. The van der Waals surface area contributed by atoms with Crippen LogP contribution in [0, 0.1) is 7.14 Å². The van der Waals surface area contributed by atoms with E-state index in [2.05, 4.69) is 93.7 Å². The molecule has 0 atom stereocenters. The quantitative estimate of drug-likeness (QED) is 0.0823. The van der Waals surface area contributed by atoms with Crippen LogP contribution in [0.2, 0.25) is 0 Å². The summed E-state index contributed by atoms with van der Waals surface area (Å²) < 4.78 is 8.93. The van der Waals surface area contributed by atoms with Crippen LogP contribution in [0.25, 0.3) is 5.76 Å². The van der Waals surface area contributed by atoms with E-state index in [-0.39, 0.29) is 12.7 Å². The Morgan fingerprint density at radius 2 is 1.06 bits per heavy atom. The molecule has 0 radical (unpaired) electrons. The summed E-state index contributed by atoms with van der Waals surface area (Å²) in [6.07, 6.45) is 1.59. The van der Waals surface area contributed by atoms with E-state index >= 15 is 0 Å². The Hall–Kier alpha value is -2.39. The number of hydrogen-bond acceptors (Lipinski definition) is 2. The summed E-state index contributed by atoms with van der Waals surface area (Å²) in [4.78, 5) is 13.0. The SMILES string of the molecule is O=C(/C=C(\OB(c1ccc(I)cc1)c1ccc(I)cc1)c1ccccc1)c1ccccc1. The Bertz CT molecular complexity index is 1160. The minimum atomic E-state index is -0.348. The van der Waals surface area contributed by atoms with E-state index in [0.29, 0.717) is 11.3 Å². The number of ketones is 1. The summed E-state index contributed by atoms with van der Waals surface area (Å²) in [5.41, 5.74) is 3.55. The summed E-state index contributed by atoms with van der Waals surface area (Å²) >= 11 is 4.60. The second kappa shape index (κ2) is 11.0. The first kappa shape index (κ1) is 22.8. The number of rotatable bonds is 7. The van der Waals surface area contributed by atoms with E-state index in [4.69, 9.17) is 4.65 Å². The molecule has 0 aliphatic carbocycles. The number of halogens is 2. The number of hydrogen-bond donors (Lipinski definition) is 0. The van der Waals surface area contributed by atoms with Crippen LogP contribution in [0.4, 0.5) is 0 Å². The third-order valence-corrected chi connectivity index (χ3v) is 6.41. The lowest BCUT2D eigenvalue weighted by atomic mass is 9.55. The highest BCUT2D eigenvalue weighted by atomic mass is 127. The first-order chi connectivity index (χ1) is 15.6. The molecule has 0 aromatic heterocycles. The van der Waals surface area contributed by atoms with Crippen molar-refractivity contribution in [3.8, 4) is 0 Å². The summed E-state index contributed by atoms with van der Waals surface area (Å²) in [6.45, 7) is -0.348. The molecule has 4 aromatic rings. The van der Waals surface area contributed by atoms with Crippen molar-refractivity contribution in [3.63, 3.8) is 0 Å². The lowest BCUT2D eigenvalue weighted by Crippen LogP contribution is -2.44. The molecule has 0 bridgehead atoms. The van der Waals surface area contributed by atoms with Gasteiger partial charge in [0.15, 0.2) is 5.78 Å². The molecule has 0 saturated heterocycles. The second-order valence-corrected chi connectivity index (χ2v) is 9.70. The van der Waals surface area contributed by atoms with Crippen molar-refractivity contribution < 1.29 is 9.45 Å². The van der Waals surface area contributed by atoms with Gasteiger partial charge in [0.05, 0.1) is 0 Å². The number of carbonyl (C=O) groups excluding carboxylic acids is 1. The predicted octanol–water partition coefficient (Wildman–Crippen LogP) is 5.94. The van der Waals surface area contributed by atoms with Crippen molar-refractivity contribution in [2.24, 2.45) is 0 Å². The molecular weight excluding hydrogens is 621 g/mol. The van der Waals surface area contributed by atoms with Gasteiger partial charge in [-0.05, 0) is 80.4 Å². The van der Waals surface area contributed by atoms with Gasteiger partial charge in [-0.3, -0.25) is 4.79 Å². The molecule has 0 spiro atoms. The summed E-state index contributed by atoms with van der Waals surface area (Å²) in [5, 5.41) is 0. The number of allylic oxidation sites excluding steroid dienone is 1. The Morgan fingerprint density at radius 1 is 0.625 bits per heavy atom. The normalized spacial score (nSPS) is 11.1. The van der Waals surface area contributed by atoms with Gasteiger partial charge in [0.25, 0.3) is 0 Å². The Balaban J connectivity index is 1.77. The fourth-order valence-electron chi connectivity index (χ4n) is 3.32. The summed E-state index contributed by atoms with van der Waals surface area (Å²) in [5.74, 6) is 0.454. The molecule has 0 amide bonds. The lowest BCUT2D eigenvalue weighted by molar-refractivity contribution is 0.104. The molecule has 32 heavy (non-hydrogen) atoms. The monoisotopic (exact) mass is 640 g/mol. The molecule has 0 heterocycles. The maximum atomic E-state index is 13.0. The number of carbonyl (C=O) groups is 1. The third-order valence-electron chi connectivity index (χ3n) is 4.97. The largest absolute Gasteiger partial charge is 0.551 e. The molecule has 4 aromatic carbocycles. The maximum absolute atomic E-state index is 13.0. The standard InChI is InChI=1S/C27H19BI2O2/c29-24-15-11-22(12-16-24)28(23-13-17-25(30)18-14-23)32-27(21-9-5-2-6-10-21)19-26(31)20-7-3-1-4-8-20/h1-19H/b27-19-. The molecular formula is C27H19BI2O2. The molecule has 156 valence electrons. The average Bonchev–Trinajstić information content (AvgIpc) is 2.84. The zero-order chi connectivity index (χ0) is 22.3. The molecule has 0 saturated carbocycles. The van der Waals surface area contributed by atoms with Crippen LogP contribution < -0.4 is 10.9 Å². The minimum absolute atomic E-state index is 0.0894. The maximum Gasteiger partial charge on any atom is 0.426 e. The van der Waals surface area contributed by atoms with Crippen molar-refractivity contribution in [3.05, 3.63) is 134 Å². The third kappa shape index (κ3) is 5.89. The summed E-state index contributed by atoms with van der Waals surface area (Å²) in [7, 11) is 0. The Kier molecular flexibility index (Phi) is 7.81. The van der Waals surface area contributed by atoms with Crippen molar-refractivity contribution in [2.45, 2.75) is 0 Å². The van der Waals surface area contributed by atoms with Gasteiger partial charge in [0.2, 0.25) is 0 Å². The van der Waals surface area contributed by atoms with E-state index in [1.165, 1.54) is 0 Å². The van der Waals surface area contributed by atoms with Crippen LogP contribution in [-0.4, -0.2) is 12.7 Å². The molecule has 0 N–H and O–H groups in total. The number of benzene rings is 4. The fourth-order valence-corrected chi connectivity index (χ4v) is 4.04.